The molecule has 1 aliphatic rings. The Balaban J connectivity index is 1.72. The predicted molar refractivity (Wildman–Crippen MR) is 152 cm³/mol. The summed E-state index contributed by atoms with van der Waals surface area (Å²) in [7, 11) is 0. The maximum absolute atomic E-state index is 14.8. The predicted octanol–water partition coefficient (Wildman–Crippen LogP) is 7.57. The highest BCUT2D eigenvalue weighted by Gasteiger charge is 2.44. The van der Waals surface area contributed by atoms with Crippen LogP contribution < -0.4 is 5.32 Å². The van der Waals surface area contributed by atoms with Crippen LogP contribution in [0.2, 0.25) is 0 Å². The summed E-state index contributed by atoms with van der Waals surface area (Å²) in [5.41, 5.74) is 2.52. The van der Waals surface area contributed by atoms with Crippen molar-refractivity contribution in [3.8, 4) is 11.1 Å². The fraction of sp³-hybridized carbons (Fsp3) is 0.469. The number of nitrogens with one attached hydrogen (secondary N) is 1. The fourth-order valence-corrected chi connectivity index (χ4v) is 6.14. The average molecular weight is 538 g/mol. The number of rotatable bonds is 7. The van der Waals surface area contributed by atoms with Gasteiger partial charge in [0.2, 0.25) is 0 Å². The van der Waals surface area contributed by atoms with Gasteiger partial charge in [0.05, 0.1) is 6.04 Å². The Hall–Kier alpha value is -3.19. The molecule has 210 valence electrons. The third-order valence-electron chi connectivity index (χ3n) is 7.77. The second-order valence-electron chi connectivity index (χ2n) is 12.9. The standard InChI is InChI=1S/C32H41F2N3O2/c1-31(2,3)28(35-18-22-14-15-37(30(38)39)29(22)32(4,5)6)27-16-23(25-17-24(33)12-13-26(25)34)20-36(27)19-21-10-8-7-9-11-21/h7-13,16-17,20,22,28-29,35H,14-15,18-19H2,1-6H3,(H,38,39)/t22?,28-,29?/m0/s1. The van der Waals surface area contributed by atoms with Gasteiger partial charge in [-0.1, -0.05) is 71.9 Å². The first-order valence-corrected chi connectivity index (χ1v) is 13.7. The number of hydrogen-bond acceptors (Lipinski definition) is 2. The Morgan fingerprint density at radius 1 is 1.05 bits per heavy atom. The number of benzene rings is 2. The topological polar surface area (TPSA) is 57.5 Å². The molecule has 1 aliphatic heterocycles. The molecule has 3 aromatic rings. The highest BCUT2D eigenvalue weighted by atomic mass is 19.1. The normalized spacial score (nSPS) is 18.9. The van der Waals surface area contributed by atoms with Crippen LogP contribution in [0, 0.1) is 28.4 Å². The highest BCUT2D eigenvalue weighted by Crippen LogP contribution is 2.40. The molecular weight excluding hydrogens is 496 g/mol. The van der Waals surface area contributed by atoms with E-state index in [-0.39, 0.29) is 34.4 Å². The monoisotopic (exact) mass is 537 g/mol. The maximum Gasteiger partial charge on any atom is 0.407 e. The fourth-order valence-electron chi connectivity index (χ4n) is 6.14. The third kappa shape index (κ3) is 6.52. The van der Waals surface area contributed by atoms with Crippen LogP contribution in [0.3, 0.4) is 0 Å². The molecular formula is C32H41F2N3O2. The van der Waals surface area contributed by atoms with E-state index in [2.05, 4.69) is 63.6 Å². The molecule has 3 atom stereocenters. The van der Waals surface area contributed by atoms with Crippen LogP contribution in [0.1, 0.15) is 65.3 Å². The van der Waals surface area contributed by atoms with Crippen molar-refractivity contribution in [3.63, 3.8) is 0 Å². The summed E-state index contributed by atoms with van der Waals surface area (Å²) in [4.78, 5) is 13.6. The molecule has 1 saturated heterocycles. The zero-order chi connectivity index (χ0) is 28.5. The summed E-state index contributed by atoms with van der Waals surface area (Å²) in [6.45, 7) is 14.5. The van der Waals surface area contributed by atoms with E-state index in [4.69, 9.17) is 0 Å². The van der Waals surface area contributed by atoms with Gasteiger partial charge in [-0.3, -0.25) is 0 Å². The van der Waals surface area contributed by atoms with E-state index in [0.717, 1.165) is 23.7 Å². The molecule has 1 amide bonds. The molecule has 0 spiro atoms. The molecule has 39 heavy (non-hydrogen) atoms. The smallest absolute Gasteiger partial charge is 0.407 e. The largest absolute Gasteiger partial charge is 0.465 e. The van der Waals surface area contributed by atoms with E-state index >= 15 is 0 Å². The average Bonchev–Trinajstić information content (AvgIpc) is 3.45. The molecule has 2 unspecified atom stereocenters. The number of nitrogens with zero attached hydrogens (tertiary/aromatic N) is 2. The van der Waals surface area contributed by atoms with Gasteiger partial charge in [-0.25, -0.2) is 13.6 Å². The molecule has 0 saturated carbocycles. The summed E-state index contributed by atoms with van der Waals surface area (Å²) in [6, 6.07) is 15.3. The minimum absolute atomic E-state index is 0.101. The van der Waals surface area contributed by atoms with Gasteiger partial charge < -0.3 is 19.9 Å². The zero-order valence-corrected chi connectivity index (χ0v) is 23.8. The van der Waals surface area contributed by atoms with Gasteiger partial charge in [0.1, 0.15) is 11.6 Å². The van der Waals surface area contributed by atoms with Crippen LogP contribution >= 0.6 is 0 Å². The summed E-state index contributed by atoms with van der Waals surface area (Å²) < 4.78 is 31.1. The second kappa shape index (κ2) is 11.1. The highest BCUT2D eigenvalue weighted by molar-refractivity contribution is 5.66. The van der Waals surface area contributed by atoms with Crippen molar-refractivity contribution in [3.05, 3.63) is 83.7 Å². The van der Waals surface area contributed by atoms with Gasteiger partial charge in [-0.15, -0.1) is 0 Å². The molecule has 2 aromatic carbocycles. The lowest BCUT2D eigenvalue weighted by Crippen LogP contribution is -2.48. The lowest BCUT2D eigenvalue weighted by Gasteiger charge is -2.39. The molecule has 0 bridgehead atoms. The number of carbonyl (C=O) groups is 1. The van der Waals surface area contributed by atoms with Crippen molar-refractivity contribution >= 4 is 6.09 Å². The van der Waals surface area contributed by atoms with Crippen LogP contribution in [0.5, 0.6) is 0 Å². The van der Waals surface area contributed by atoms with Gasteiger partial charge in [-0.2, -0.15) is 0 Å². The van der Waals surface area contributed by atoms with Crippen LogP contribution in [-0.2, 0) is 6.54 Å². The van der Waals surface area contributed by atoms with E-state index < -0.39 is 17.7 Å². The Morgan fingerprint density at radius 3 is 2.36 bits per heavy atom. The number of hydrogen-bond donors (Lipinski definition) is 2. The molecule has 0 aliphatic carbocycles. The Kier molecular flexibility index (Phi) is 8.22. The number of aromatic nitrogens is 1. The first kappa shape index (κ1) is 28.8. The van der Waals surface area contributed by atoms with E-state index in [1.54, 1.807) is 4.90 Å². The van der Waals surface area contributed by atoms with E-state index in [0.29, 0.717) is 25.2 Å². The minimum Gasteiger partial charge on any atom is -0.465 e. The van der Waals surface area contributed by atoms with Crippen molar-refractivity contribution in [1.29, 1.82) is 0 Å². The van der Waals surface area contributed by atoms with Crippen molar-refractivity contribution in [2.45, 2.75) is 66.6 Å². The van der Waals surface area contributed by atoms with Gasteiger partial charge in [0, 0.05) is 48.7 Å². The zero-order valence-electron chi connectivity index (χ0n) is 23.8. The van der Waals surface area contributed by atoms with Crippen LogP contribution in [0.4, 0.5) is 13.6 Å². The van der Waals surface area contributed by atoms with Crippen molar-refractivity contribution in [1.82, 2.24) is 14.8 Å². The lowest BCUT2D eigenvalue weighted by atomic mass is 9.78. The molecule has 2 N–H and O–H groups in total. The van der Waals surface area contributed by atoms with E-state index in [1.807, 2.05) is 30.5 Å². The van der Waals surface area contributed by atoms with Crippen LogP contribution in [0.25, 0.3) is 11.1 Å². The summed E-state index contributed by atoms with van der Waals surface area (Å²) >= 11 is 0. The second-order valence-corrected chi connectivity index (χ2v) is 12.9. The third-order valence-corrected chi connectivity index (χ3v) is 7.77. The van der Waals surface area contributed by atoms with Gasteiger partial charge in [-0.05, 0) is 53.0 Å². The molecule has 4 rings (SSSR count). The Labute approximate surface area is 230 Å². The molecule has 1 fully saturated rings. The van der Waals surface area contributed by atoms with Crippen molar-refractivity contribution < 1.29 is 18.7 Å². The number of amides is 1. The Bertz CT molecular complexity index is 1290. The van der Waals surface area contributed by atoms with Crippen LogP contribution in [-0.4, -0.2) is 39.8 Å². The summed E-state index contributed by atoms with van der Waals surface area (Å²) in [5.74, 6) is -0.789. The summed E-state index contributed by atoms with van der Waals surface area (Å²) in [6.07, 6.45) is 1.83. The number of halogens is 2. The maximum atomic E-state index is 14.8. The quantitative estimate of drug-likeness (QED) is 0.327. The molecule has 7 heteroatoms. The lowest BCUT2D eigenvalue weighted by molar-refractivity contribution is 0.0887. The first-order chi connectivity index (χ1) is 18.3. The van der Waals surface area contributed by atoms with Gasteiger partial charge in [0.25, 0.3) is 0 Å². The van der Waals surface area contributed by atoms with Crippen molar-refractivity contribution in [2.24, 2.45) is 16.7 Å². The van der Waals surface area contributed by atoms with Crippen molar-refractivity contribution in [2.75, 3.05) is 13.1 Å². The number of carboxylic acid groups (broad SMARTS) is 1. The van der Waals surface area contributed by atoms with Gasteiger partial charge in [0.15, 0.2) is 0 Å². The number of likely N-dealkylation sites (tertiary alicyclic amines) is 1. The molecule has 0 radical (unpaired) electrons. The Morgan fingerprint density at radius 2 is 1.74 bits per heavy atom. The molecule has 1 aromatic heterocycles. The SMILES string of the molecule is CC(C)(C)C1C(CN[C@@H](c2cc(-c3cc(F)ccc3F)cn2Cc2ccccc2)C(C)(C)C)CCN1C(=O)O. The summed E-state index contributed by atoms with van der Waals surface area (Å²) in [5, 5.41) is 13.6. The van der Waals surface area contributed by atoms with Crippen LogP contribution in [0.15, 0.2) is 60.8 Å². The molecule has 5 nitrogen and oxygen atoms in total. The van der Waals surface area contributed by atoms with E-state index in [9.17, 15) is 18.7 Å². The van der Waals surface area contributed by atoms with E-state index in [1.165, 1.54) is 12.1 Å². The molecule has 2 heterocycles. The minimum atomic E-state index is -0.872. The first-order valence-electron chi connectivity index (χ1n) is 13.7. The van der Waals surface area contributed by atoms with Gasteiger partial charge >= 0.3 is 6.09 Å².